The molecule has 162 valence electrons. The average Bonchev–Trinajstić information content (AvgIpc) is 2.65. The van der Waals surface area contributed by atoms with Crippen LogP contribution in [0.1, 0.15) is 39.2 Å². The van der Waals surface area contributed by atoms with Crippen LogP contribution in [0.2, 0.25) is 0 Å². The van der Waals surface area contributed by atoms with Crippen LogP contribution in [0.4, 0.5) is 0 Å². The van der Waals surface area contributed by atoms with Crippen molar-refractivity contribution in [1.82, 2.24) is 15.6 Å². The first-order chi connectivity index (χ1) is 13.1. The molecule has 7 nitrogen and oxygen atoms in total. The van der Waals surface area contributed by atoms with Gasteiger partial charge in [0, 0.05) is 39.1 Å². The number of nitrogens with zero attached hydrogens (tertiary/aromatic N) is 2. The van der Waals surface area contributed by atoms with E-state index in [1.807, 2.05) is 19.1 Å². The van der Waals surface area contributed by atoms with Crippen molar-refractivity contribution in [3.05, 3.63) is 23.9 Å². The minimum atomic E-state index is 0. The normalized spacial score (nSPS) is 12.4. The maximum Gasteiger partial charge on any atom is 0.213 e. The number of hydrogen-bond donors (Lipinski definition) is 3. The van der Waals surface area contributed by atoms with Crippen LogP contribution in [-0.2, 0) is 11.3 Å². The van der Waals surface area contributed by atoms with Gasteiger partial charge in [0.05, 0.1) is 13.2 Å². The molecule has 1 atom stereocenters. The molecule has 0 aliphatic rings. The highest BCUT2D eigenvalue weighted by molar-refractivity contribution is 14.0. The van der Waals surface area contributed by atoms with Gasteiger partial charge in [-0.3, -0.25) is 0 Å². The summed E-state index contributed by atoms with van der Waals surface area (Å²) in [6.07, 6.45) is 3.67. The number of nitrogens with one attached hydrogen (secondary N) is 2. The minimum absolute atomic E-state index is 0. The molecule has 0 aliphatic carbocycles. The maximum atomic E-state index is 9.26. The van der Waals surface area contributed by atoms with Crippen molar-refractivity contribution in [2.24, 2.45) is 16.8 Å². The van der Waals surface area contributed by atoms with E-state index in [1.165, 1.54) is 0 Å². The fourth-order valence-electron chi connectivity index (χ4n) is 2.72. The molecule has 1 aromatic heterocycles. The maximum absolute atomic E-state index is 9.26. The minimum Gasteiger partial charge on any atom is -0.475 e. The van der Waals surface area contributed by atoms with Gasteiger partial charge < -0.3 is 25.2 Å². The van der Waals surface area contributed by atoms with Crippen molar-refractivity contribution in [2.45, 2.75) is 40.2 Å². The highest BCUT2D eigenvalue weighted by Crippen LogP contribution is 2.14. The second kappa shape index (κ2) is 16.8. The summed E-state index contributed by atoms with van der Waals surface area (Å²) in [5, 5.41) is 15.9. The molecular weight excluding hydrogens is 471 g/mol. The lowest BCUT2D eigenvalue weighted by Gasteiger charge is -2.20. The van der Waals surface area contributed by atoms with E-state index < -0.39 is 0 Å². The Labute approximate surface area is 186 Å². The molecule has 0 aliphatic heterocycles. The molecule has 28 heavy (non-hydrogen) atoms. The third kappa shape index (κ3) is 12.4. The molecule has 1 rings (SSSR count). The fraction of sp³-hybridized carbons (Fsp3) is 0.700. The monoisotopic (exact) mass is 508 g/mol. The van der Waals surface area contributed by atoms with Crippen LogP contribution in [0.5, 0.6) is 5.88 Å². The lowest BCUT2D eigenvalue weighted by molar-refractivity contribution is 0.143. The molecule has 0 aromatic carbocycles. The van der Waals surface area contributed by atoms with Crippen LogP contribution < -0.4 is 15.4 Å². The molecular formula is C20H37IN4O3. The van der Waals surface area contributed by atoms with Crippen molar-refractivity contribution in [3.63, 3.8) is 0 Å². The number of aliphatic hydroxyl groups is 1. The van der Waals surface area contributed by atoms with Gasteiger partial charge in [-0.25, -0.2) is 9.98 Å². The van der Waals surface area contributed by atoms with Gasteiger partial charge in [-0.1, -0.05) is 19.9 Å². The Hall–Kier alpha value is -1.13. The molecule has 8 heteroatoms. The Balaban J connectivity index is 0.00000729. The van der Waals surface area contributed by atoms with Gasteiger partial charge in [0.1, 0.15) is 6.61 Å². The zero-order valence-corrected chi connectivity index (χ0v) is 19.9. The zero-order valence-electron chi connectivity index (χ0n) is 17.6. The van der Waals surface area contributed by atoms with E-state index in [2.05, 4.69) is 34.5 Å². The van der Waals surface area contributed by atoms with Crippen LogP contribution >= 0.6 is 24.0 Å². The van der Waals surface area contributed by atoms with E-state index in [9.17, 15) is 5.11 Å². The molecule has 1 unspecified atom stereocenters. The second-order valence-electron chi connectivity index (χ2n) is 6.93. The summed E-state index contributed by atoms with van der Waals surface area (Å²) in [7, 11) is 1.64. The summed E-state index contributed by atoms with van der Waals surface area (Å²) in [5.74, 6) is 2.41. The predicted octanol–water partition coefficient (Wildman–Crippen LogP) is 2.82. The Kier molecular flexibility index (Phi) is 16.1. The third-order valence-electron chi connectivity index (χ3n) is 4.00. The molecule has 0 radical (unpaired) electrons. The zero-order chi connectivity index (χ0) is 19.9. The summed E-state index contributed by atoms with van der Waals surface area (Å²) in [5.41, 5.74) is 1.01. The summed E-state index contributed by atoms with van der Waals surface area (Å²) in [6.45, 7) is 9.84. The molecule has 0 saturated carbocycles. The number of aliphatic imine (C=N–C) groups is 1. The van der Waals surface area contributed by atoms with Gasteiger partial charge in [-0.05, 0) is 37.2 Å². The predicted molar refractivity (Wildman–Crippen MR) is 124 cm³/mol. The first-order valence-electron chi connectivity index (χ1n) is 9.78. The van der Waals surface area contributed by atoms with Crippen molar-refractivity contribution in [3.8, 4) is 5.88 Å². The quantitative estimate of drug-likeness (QED) is 0.164. The Bertz CT molecular complexity index is 527. The Morgan fingerprint density at radius 2 is 2.04 bits per heavy atom. The van der Waals surface area contributed by atoms with E-state index in [-0.39, 0.29) is 30.6 Å². The molecule has 0 spiro atoms. The largest absolute Gasteiger partial charge is 0.475 e. The number of halogens is 1. The van der Waals surface area contributed by atoms with Crippen LogP contribution in [-0.4, -0.2) is 56.1 Å². The summed E-state index contributed by atoms with van der Waals surface area (Å²) < 4.78 is 10.4. The average molecular weight is 508 g/mol. The molecule has 0 bridgehead atoms. The van der Waals surface area contributed by atoms with Gasteiger partial charge in [-0.2, -0.15) is 0 Å². The molecule has 0 amide bonds. The number of guanidine groups is 1. The van der Waals surface area contributed by atoms with Gasteiger partial charge >= 0.3 is 0 Å². The van der Waals surface area contributed by atoms with Gasteiger partial charge in [-0.15, -0.1) is 24.0 Å². The molecule has 3 N–H and O–H groups in total. The standard InChI is InChI=1S/C20H36N4O3.HI/c1-5-21-20(23-13-17(8-9-25)12-16(2)3)24-15-18-6-7-19(22-14-18)27-11-10-26-4;/h6-7,14,16-17,25H,5,8-13,15H2,1-4H3,(H2,21,23,24);1H. The van der Waals surface area contributed by atoms with E-state index >= 15 is 0 Å². The van der Waals surface area contributed by atoms with E-state index in [0.717, 1.165) is 37.5 Å². The summed E-state index contributed by atoms with van der Waals surface area (Å²) in [4.78, 5) is 8.92. The lowest BCUT2D eigenvalue weighted by Crippen LogP contribution is -2.40. The van der Waals surface area contributed by atoms with Crippen molar-refractivity contribution in [1.29, 1.82) is 0 Å². The topological polar surface area (TPSA) is 88.0 Å². The lowest BCUT2D eigenvalue weighted by atomic mass is 9.94. The van der Waals surface area contributed by atoms with Crippen LogP contribution in [0.15, 0.2) is 23.3 Å². The fourth-order valence-corrected chi connectivity index (χ4v) is 2.72. The third-order valence-corrected chi connectivity index (χ3v) is 4.00. The van der Waals surface area contributed by atoms with Crippen molar-refractivity contribution in [2.75, 3.05) is 40.0 Å². The Morgan fingerprint density at radius 3 is 2.61 bits per heavy atom. The number of pyridine rings is 1. The van der Waals surface area contributed by atoms with E-state index in [0.29, 0.717) is 37.5 Å². The first kappa shape index (κ1) is 26.9. The summed E-state index contributed by atoms with van der Waals surface area (Å²) in [6, 6.07) is 3.82. The number of hydrogen-bond acceptors (Lipinski definition) is 5. The number of aromatic nitrogens is 1. The molecule has 1 heterocycles. The number of aliphatic hydroxyl groups excluding tert-OH is 1. The SMILES string of the molecule is CCNC(=NCc1ccc(OCCOC)nc1)NCC(CCO)CC(C)C.I. The first-order valence-corrected chi connectivity index (χ1v) is 9.78. The van der Waals surface area contributed by atoms with Gasteiger partial charge in [0.25, 0.3) is 0 Å². The van der Waals surface area contributed by atoms with Crippen LogP contribution in [0.25, 0.3) is 0 Å². The molecule has 0 saturated heterocycles. The van der Waals surface area contributed by atoms with Crippen molar-refractivity contribution >= 4 is 29.9 Å². The van der Waals surface area contributed by atoms with E-state index in [1.54, 1.807) is 13.3 Å². The van der Waals surface area contributed by atoms with Crippen LogP contribution in [0, 0.1) is 11.8 Å². The van der Waals surface area contributed by atoms with E-state index in [4.69, 9.17) is 9.47 Å². The molecule has 1 aromatic rings. The summed E-state index contributed by atoms with van der Waals surface area (Å²) >= 11 is 0. The van der Waals surface area contributed by atoms with Gasteiger partial charge in [0.2, 0.25) is 5.88 Å². The Morgan fingerprint density at radius 1 is 1.25 bits per heavy atom. The smallest absolute Gasteiger partial charge is 0.213 e. The highest BCUT2D eigenvalue weighted by Gasteiger charge is 2.11. The number of methoxy groups -OCH3 is 1. The van der Waals surface area contributed by atoms with Crippen LogP contribution in [0.3, 0.4) is 0 Å². The number of rotatable bonds is 13. The highest BCUT2D eigenvalue weighted by atomic mass is 127. The second-order valence-corrected chi connectivity index (χ2v) is 6.93. The number of ether oxygens (including phenoxy) is 2. The van der Waals surface area contributed by atoms with Gasteiger partial charge in [0.15, 0.2) is 5.96 Å². The molecule has 0 fully saturated rings. The van der Waals surface area contributed by atoms with Crippen molar-refractivity contribution < 1.29 is 14.6 Å².